The van der Waals surface area contributed by atoms with Gasteiger partial charge in [-0.05, 0) is 56.4 Å². The predicted molar refractivity (Wildman–Crippen MR) is 128 cm³/mol. The highest BCUT2D eigenvalue weighted by molar-refractivity contribution is 5.92. The molecule has 3 heterocycles. The van der Waals surface area contributed by atoms with Crippen molar-refractivity contribution in [2.24, 2.45) is 11.8 Å². The summed E-state index contributed by atoms with van der Waals surface area (Å²) >= 11 is 0. The fourth-order valence-electron chi connectivity index (χ4n) is 6.10. The monoisotopic (exact) mass is 437 g/mol. The minimum absolute atomic E-state index is 0.0615. The number of nitrogens with zero attached hydrogens (tertiary/aromatic N) is 3. The highest BCUT2D eigenvalue weighted by atomic mass is 16.3. The number of Topliss-reactive ketones (excluding diaryl/α,β-unsaturated/α-hetero) is 1. The summed E-state index contributed by atoms with van der Waals surface area (Å²) < 4.78 is 6.06. The minimum atomic E-state index is -0.155. The van der Waals surface area contributed by atoms with Crippen LogP contribution in [0.15, 0.2) is 53.1 Å². The third-order valence-electron chi connectivity index (χ3n) is 7.94. The van der Waals surface area contributed by atoms with Gasteiger partial charge in [0.1, 0.15) is 17.2 Å². The number of aryl methyl sites for hydroxylation is 1. The maximum absolute atomic E-state index is 12.6. The van der Waals surface area contributed by atoms with Gasteiger partial charge in [0.05, 0.1) is 11.2 Å². The average Bonchev–Trinajstić information content (AvgIpc) is 3.27. The van der Waals surface area contributed by atoms with Crippen LogP contribution in [0.4, 0.5) is 0 Å². The Balaban J connectivity index is 1.63. The van der Waals surface area contributed by atoms with Gasteiger partial charge in [-0.15, -0.1) is 0 Å². The average molecular weight is 438 g/mol. The molecule has 5 heteroatoms. The zero-order valence-electron chi connectivity index (χ0n) is 19.3. The van der Waals surface area contributed by atoms with Crippen molar-refractivity contribution < 1.29 is 9.21 Å². The number of benzene rings is 1. The number of carbonyl (C=O) groups is 1. The molecule has 0 unspecified atom stereocenters. The SMILES string of the molecule is Cc1ccc(-c2nc(-c3ccnc4ccccc34)nc3c2CC[C@@H]2[C@@H](C)C(=O)CC[C@@]32C)o1. The summed E-state index contributed by atoms with van der Waals surface area (Å²) in [6, 6.07) is 14.1. The molecule has 0 bridgehead atoms. The van der Waals surface area contributed by atoms with Gasteiger partial charge in [-0.3, -0.25) is 9.78 Å². The summed E-state index contributed by atoms with van der Waals surface area (Å²) in [5.41, 5.74) is 4.89. The van der Waals surface area contributed by atoms with E-state index >= 15 is 0 Å². The first-order valence-electron chi connectivity index (χ1n) is 11.8. The van der Waals surface area contributed by atoms with Crippen molar-refractivity contribution in [3.63, 3.8) is 0 Å². The minimum Gasteiger partial charge on any atom is -0.460 e. The van der Waals surface area contributed by atoms with Gasteiger partial charge in [0.2, 0.25) is 0 Å². The Morgan fingerprint density at radius 3 is 2.73 bits per heavy atom. The lowest BCUT2D eigenvalue weighted by atomic mass is 9.56. The normalized spacial score (nSPS) is 24.5. The largest absolute Gasteiger partial charge is 0.460 e. The van der Waals surface area contributed by atoms with Gasteiger partial charge in [-0.2, -0.15) is 0 Å². The molecule has 6 rings (SSSR count). The highest BCUT2D eigenvalue weighted by Crippen LogP contribution is 2.52. The van der Waals surface area contributed by atoms with E-state index < -0.39 is 0 Å². The van der Waals surface area contributed by atoms with Crippen molar-refractivity contribution in [2.75, 3.05) is 0 Å². The molecule has 3 aromatic heterocycles. The molecule has 2 aliphatic rings. The molecular weight excluding hydrogens is 410 g/mol. The molecule has 1 saturated carbocycles. The van der Waals surface area contributed by atoms with Crippen molar-refractivity contribution in [2.45, 2.75) is 51.9 Å². The quantitative estimate of drug-likeness (QED) is 0.380. The van der Waals surface area contributed by atoms with Crippen LogP contribution in [-0.4, -0.2) is 20.7 Å². The molecular formula is C28H27N3O2. The Kier molecular flexibility index (Phi) is 4.51. The maximum atomic E-state index is 12.6. The van der Waals surface area contributed by atoms with Crippen LogP contribution in [-0.2, 0) is 16.6 Å². The van der Waals surface area contributed by atoms with Crippen molar-refractivity contribution in [3.8, 4) is 22.8 Å². The number of aromatic nitrogens is 3. The van der Waals surface area contributed by atoms with E-state index in [1.165, 1.54) is 5.56 Å². The fraction of sp³-hybridized carbons (Fsp3) is 0.357. The van der Waals surface area contributed by atoms with E-state index in [1.54, 1.807) is 0 Å². The third kappa shape index (κ3) is 3.05. The van der Waals surface area contributed by atoms with Crippen molar-refractivity contribution in [1.29, 1.82) is 0 Å². The van der Waals surface area contributed by atoms with Crippen LogP contribution < -0.4 is 0 Å². The number of hydrogen-bond donors (Lipinski definition) is 0. The second-order valence-corrected chi connectivity index (χ2v) is 9.83. The van der Waals surface area contributed by atoms with E-state index in [0.29, 0.717) is 23.9 Å². The molecule has 0 aliphatic heterocycles. The molecule has 3 atom stereocenters. The van der Waals surface area contributed by atoms with E-state index in [9.17, 15) is 4.79 Å². The second-order valence-electron chi connectivity index (χ2n) is 9.83. The summed E-state index contributed by atoms with van der Waals surface area (Å²) in [7, 11) is 0. The van der Waals surface area contributed by atoms with Crippen LogP contribution in [0, 0.1) is 18.8 Å². The summed E-state index contributed by atoms with van der Waals surface area (Å²) in [5.74, 6) is 3.10. The van der Waals surface area contributed by atoms with Crippen LogP contribution in [0.2, 0.25) is 0 Å². The lowest BCUT2D eigenvalue weighted by Crippen LogP contribution is -2.47. The lowest BCUT2D eigenvalue weighted by molar-refractivity contribution is -0.128. The molecule has 2 aliphatic carbocycles. The predicted octanol–water partition coefficient (Wildman–Crippen LogP) is 6.08. The first kappa shape index (κ1) is 20.3. The third-order valence-corrected chi connectivity index (χ3v) is 7.94. The van der Waals surface area contributed by atoms with Crippen LogP contribution >= 0.6 is 0 Å². The molecule has 1 aromatic carbocycles. The molecule has 166 valence electrons. The molecule has 4 aromatic rings. The van der Waals surface area contributed by atoms with E-state index in [-0.39, 0.29) is 11.3 Å². The smallest absolute Gasteiger partial charge is 0.160 e. The molecule has 0 saturated heterocycles. The van der Waals surface area contributed by atoms with Gasteiger partial charge < -0.3 is 4.42 Å². The molecule has 1 fully saturated rings. The molecule has 0 spiro atoms. The van der Waals surface area contributed by atoms with Gasteiger partial charge in [0, 0.05) is 40.5 Å². The zero-order chi connectivity index (χ0) is 22.7. The maximum Gasteiger partial charge on any atom is 0.160 e. The number of para-hydroxylation sites is 1. The second kappa shape index (κ2) is 7.34. The van der Waals surface area contributed by atoms with Crippen LogP contribution in [0.3, 0.4) is 0 Å². The number of carbonyl (C=O) groups excluding carboxylic acids is 1. The Morgan fingerprint density at radius 2 is 1.91 bits per heavy atom. The topological polar surface area (TPSA) is 68.9 Å². The van der Waals surface area contributed by atoms with Crippen LogP contribution in [0.1, 0.15) is 50.1 Å². The number of fused-ring (bicyclic) bond motifs is 4. The van der Waals surface area contributed by atoms with Crippen molar-refractivity contribution in [1.82, 2.24) is 15.0 Å². The summed E-state index contributed by atoms with van der Waals surface area (Å²) in [5, 5.41) is 1.03. The Morgan fingerprint density at radius 1 is 1.06 bits per heavy atom. The molecule has 0 radical (unpaired) electrons. The van der Waals surface area contributed by atoms with E-state index in [2.05, 4.69) is 24.9 Å². The number of hydrogen-bond acceptors (Lipinski definition) is 5. The summed E-state index contributed by atoms with van der Waals surface area (Å²) in [6.07, 6.45) is 5.10. The first-order valence-corrected chi connectivity index (χ1v) is 11.8. The van der Waals surface area contributed by atoms with Crippen LogP contribution in [0.5, 0.6) is 0 Å². The zero-order valence-corrected chi connectivity index (χ0v) is 19.3. The first-order chi connectivity index (χ1) is 16.0. The van der Waals surface area contributed by atoms with E-state index in [0.717, 1.165) is 58.6 Å². The van der Waals surface area contributed by atoms with E-state index in [4.69, 9.17) is 14.4 Å². The molecule has 5 nitrogen and oxygen atoms in total. The highest BCUT2D eigenvalue weighted by Gasteiger charge is 2.49. The summed E-state index contributed by atoms with van der Waals surface area (Å²) in [6.45, 7) is 6.36. The number of ketones is 1. The molecule has 33 heavy (non-hydrogen) atoms. The number of rotatable bonds is 2. The van der Waals surface area contributed by atoms with Gasteiger partial charge >= 0.3 is 0 Å². The molecule has 0 N–H and O–H groups in total. The van der Waals surface area contributed by atoms with Gasteiger partial charge in [-0.1, -0.05) is 32.0 Å². The Hall–Kier alpha value is -3.34. The Bertz CT molecular complexity index is 1400. The number of pyridine rings is 1. The summed E-state index contributed by atoms with van der Waals surface area (Å²) in [4.78, 5) is 27.4. The van der Waals surface area contributed by atoms with Gasteiger partial charge in [0.25, 0.3) is 0 Å². The van der Waals surface area contributed by atoms with Crippen molar-refractivity contribution >= 4 is 16.7 Å². The van der Waals surface area contributed by atoms with Gasteiger partial charge in [-0.25, -0.2) is 9.97 Å². The van der Waals surface area contributed by atoms with Crippen molar-refractivity contribution in [3.05, 3.63) is 65.7 Å². The standard InChI is InChI=1S/C28H27N3O2/c1-16-8-11-24(33-16)25-20-9-10-21-17(2)23(32)12-14-28(21,3)26(20)31-27(30-25)19-13-15-29-22-7-5-4-6-18(19)22/h4-8,11,13,15,17,21H,9-10,12,14H2,1-3H3/t17-,21-,28-/m1/s1. The lowest BCUT2D eigenvalue weighted by Gasteiger charge is -2.48. The van der Waals surface area contributed by atoms with Gasteiger partial charge in [0.15, 0.2) is 11.6 Å². The Labute approximate surface area is 193 Å². The van der Waals surface area contributed by atoms with Crippen LogP contribution in [0.25, 0.3) is 33.7 Å². The fourth-order valence-corrected chi connectivity index (χ4v) is 6.10. The molecule has 0 amide bonds. The number of furan rings is 1. The van der Waals surface area contributed by atoms with E-state index in [1.807, 2.05) is 49.5 Å².